The fourth-order valence-electron chi connectivity index (χ4n) is 2.47. The van der Waals surface area contributed by atoms with Crippen molar-refractivity contribution in [3.63, 3.8) is 0 Å². The molecule has 1 aliphatic rings. The summed E-state index contributed by atoms with van der Waals surface area (Å²) < 4.78 is 5.16. The molecule has 0 heterocycles. The summed E-state index contributed by atoms with van der Waals surface area (Å²) in [7, 11) is 5.56. The summed E-state index contributed by atoms with van der Waals surface area (Å²) >= 11 is 0. The zero-order chi connectivity index (χ0) is 13.9. The van der Waals surface area contributed by atoms with E-state index in [-0.39, 0.29) is 0 Å². The minimum atomic E-state index is -0.436. The van der Waals surface area contributed by atoms with Gasteiger partial charge in [-0.2, -0.15) is 5.26 Å². The largest absolute Gasteiger partial charge is 0.497 e. The fourth-order valence-corrected chi connectivity index (χ4v) is 2.47. The number of ether oxygens (including phenoxy) is 1. The Kier molecular flexibility index (Phi) is 3.96. The summed E-state index contributed by atoms with van der Waals surface area (Å²) in [6, 6.07) is 10.4. The van der Waals surface area contributed by atoms with E-state index in [0.29, 0.717) is 12.5 Å². The monoisotopic (exact) mass is 259 g/mol. The number of nitriles is 1. The highest BCUT2D eigenvalue weighted by Gasteiger charge is 2.45. The predicted octanol–water partition coefficient (Wildman–Crippen LogP) is 2.02. The molecular weight excluding hydrogens is 238 g/mol. The molecule has 0 bridgehead atoms. The van der Waals surface area contributed by atoms with E-state index in [1.54, 1.807) is 7.11 Å². The highest BCUT2D eigenvalue weighted by Crippen LogP contribution is 2.40. The Labute approximate surface area is 115 Å². The third-order valence-corrected chi connectivity index (χ3v) is 3.92. The maximum absolute atomic E-state index is 9.51. The molecule has 19 heavy (non-hydrogen) atoms. The van der Waals surface area contributed by atoms with E-state index in [1.807, 2.05) is 38.4 Å². The van der Waals surface area contributed by atoms with Crippen LogP contribution in [0.5, 0.6) is 5.75 Å². The summed E-state index contributed by atoms with van der Waals surface area (Å²) in [4.78, 5) is 2.12. The van der Waals surface area contributed by atoms with E-state index in [1.165, 1.54) is 0 Å². The Balaban J connectivity index is 2.10. The number of benzene rings is 1. The molecule has 1 aromatic carbocycles. The fraction of sp³-hybridized carbons (Fsp3) is 0.533. The lowest BCUT2D eigenvalue weighted by atomic mass is 9.94. The minimum absolute atomic E-state index is 0.436. The molecule has 1 aliphatic carbocycles. The first-order valence-electron chi connectivity index (χ1n) is 6.60. The van der Waals surface area contributed by atoms with Crippen molar-refractivity contribution >= 4 is 5.69 Å². The highest BCUT2D eigenvalue weighted by atomic mass is 16.5. The number of anilines is 1. The number of nitrogens with one attached hydrogen (secondary N) is 1. The molecule has 4 heteroatoms. The lowest BCUT2D eigenvalue weighted by molar-refractivity contribution is 0.398. The van der Waals surface area contributed by atoms with Gasteiger partial charge in [-0.05, 0) is 50.1 Å². The maximum atomic E-state index is 9.51. The van der Waals surface area contributed by atoms with Gasteiger partial charge in [0, 0.05) is 19.3 Å². The lowest BCUT2D eigenvalue weighted by Gasteiger charge is -2.32. The maximum Gasteiger partial charge on any atom is 0.126 e. The highest BCUT2D eigenvalue weighted by molar-refractivity contribution is 5.49. The molecule has 0 amide bonds. The van der Waals surface area contributed by atoms with Crippen molar-refractivity contribution in [2.45, 2.75) is 18.4 Å². The Hall–Kier alpha value is -1.73. The molecule has 2 rings (SSSR count). The second-order valence-electron chi connectivity index (χ2n) is 5.16. The average molecular weight is 259 g/mol. The van der Waals surface area contributed by atoms with Gasteiger partial charge in [0.25, 0.3) is 0 Å². The Morgan fingerprint density at radius 1 is 1.42 bits per heavy atom. The lowest BCUT2D eigenvalue weighted by Crippen LogP contribution is -2.52. The van der Waals surface area contributed by atoms with Gasteiger partial charge < -0.3 is 15.0 Å². The zero-order valence-corrected chi connectivity index (χ0v) is 11.8. The number of methoxy groups -OCH3 is 1. The molecule has 0 aliphatic heterocycles. The van der Waals surface area contributed by atoms with Gasteiger partial charge in [0.05, 0.1) is 13.2 Å². The number of nitrogens with zero attached hydrogens (tertiary/aromatic N) is 2. The van der Waals surface area contributed by atoms with Crippen molar-refractivity contribution in [2.75, 3.05) is 32.6 Å². The van der Waals surface area contributed by atoms with E-state index in [2.05, 4.69) is 16.3 Å². The van der Waals surface area contributed by atoms with E-state index < -0.39 is 5.54 Å². The number of hydrogen-bond donors (Lipinski definition) is 1. The summed E-state index contributed by atoms with van der Waals surface area (Å²) in [5, 5.41) is 12.7. The van der Waals surface area contributed by atoms with Crippen LogP contribution in [-0.4, -0.2) is 33.3 Å². The number of hydrogen-bond acceptors (Lipinski definition) is 4. The van der Waals surface area contributed by atoms with Crippen molar-refractivity contribution in [1.29, 1.82) is 5.26 Å². The van der Waals surface area contributed by atoms with Crippen LogP contribution in [0.15, 0.2) is 24.3 Å². The van der Waals surface area contributed by atoms with Crippen LogP contribution in [0.1, 0.15) is 12.8 Å². The van der Waals surface area contributed by atoms with Gasteiger partial charge in [0.2, 0.25) is 0 Å². The molecule has 0 aromatic heterocycles. The number of likely N-dealkylation sites (N-methyl/N-ethyl adjacent to an activating group) is 2. The van der Waals surface area contributed by atoms with Crippen LogP contribution in [0.3, 0.4) is 0 Å². The van der Waals surface area contributed by atoms with E-state index in [9.17, 15) is 5.26 Å². The summed E-state index contributed by atoms with van der Waals surface area (Å²) in [5.74, 6) is 1.32. The van der Waals surface area contributed by atoms with Crippen molar-refractivity contribution in [3.05, 3.63) is 24.3 Å². The van der Waals surface area contributed by atoms with Crippen molar-refractivity contribution in [3.8, 4) is 11.8 Å². The molecule has 1 N–H and O–H groups in total. The SMILES string of the molecule is CNC(C#N)(CN(C)c1ccc(OC)cc1)C1CC1. The third-order valence-electron chi connectivity index (χ3n) is 3.92. The molecule has 1 unspecified atom stereocenters. The summed E-state index contributed by atoms with van der Waals surface area (Å²) in [6.07, 6.45) is 2.29. The van der Waals surface area contributed by atoms with Gasteiger partial charge in [-0.25, -0.2) is 0 Å². The molecule has 4 nitrogen and oxygen atoms in total. The first kappa shape index (κ1) is 13.7. The second-order valence-corrected chi connectivity index (χ2v) is 5.16. The van der Waals surface area contributed by atoms with Crippen LogP contribution >= 0.6 is 0 Å². The van der Waals surface area contributed by atoms with Gasteiger partial charge >= 0.3 is 0 Å². The van der Waals surface area contributed by atoms with Crippen LogP contribution in [0.4, 0.5) is 5.69 Å². The van der Waals surface area contributed by atoms with Gasteiger partial charge in [-0.3, -0.25) is 0 Å². The van der Waals surface area contributed by atoms with Crippen molar-refractivity contribution in [2.24, 2.45) is 5.92 Å². The molecule has 0 spiro atoms. The van der Waals surface area contributed by atoms with Crippen LogP contribution in [0, 0.1) is 17.2 Å². The standard InChI is InChI=1S/C15H21N3O/c1-17-15(10-16,12-4-5-12)11-18(2)13-6-8-14(19-3)9-7-13/h6-9,12,17H,4-5,11H2,1-3H3. The first-order valence-corrected chi connectivity index (χ1v) is 6.60. The van der Waals surface area contributed by atoms with Crippen LogP contribution in [-0.2, 0) is 0 Å². The Morgan fingerprint density at radius 3 is 2.47 bits per heavy atom. The molecule has 1 saturated carbocycles. The van der Waals surface area contributed by atoms with Gasteiger partial charge in [0.1, 0.15) is 11.3 Å². The molecule has 0 radical (unpaired) electrons. The van der Waals surface area contributed by atoms with Gasteiger partial charge in [-0.1, -0.05) is 0 Å². The average Bonchev–Trinajstić information content (AvgIpc) is 3.30. The molecule has 102 valence electrons. The topological polar surface area (TPSA) is 48.3 Å². The quantitative estimate of drug-likeness (QED) is 0.849. The van der Waals surface area contributed by atoms with Crippen LogP contribution in [0.25, 0.3) is 0 Å². The van der Waals surface area contributed by atoms with Gasteiger partial charge in [0.15, 0.2) is 0 Å². The van der Waals surface area contributed by atoms with Crippen molar-refractivity contribution in [1.82, 2.24) is 5.32 Å². The first-order chi connectivity index (χ1) is 9.15. The Morgan fingerprint density at radius 2 is 2.05 bits per heavy atom. The van der Waals surface area contributed by atoms with E-state index in [0.717, 1.165) is 24.3 Å². The number of rotatable bonds is 6. The molecule has 1 atom stereocenters. The normalized spacial score (nSPS) is 17.4. The minimum Gasteiger partial charge on any atom is -0.497 e. The van der Waals surface area contributed by atoms with Crippen LogP contribution < -0.4 is 15.0 Å². The van der Waals surface area contributed by atoms with Gasteiger partial charge in [-0.15, -0.1) is 0 Å². The third kappa shape index (κ3) is 2.82. The van der Waals surface area contributed by atoms with E-state index >= 15 is 0 Å². The second kappa shape index (κ2) is 5.50. The van der Waals surface area contributed by atoms with E-state index in [4.69, 9.17) is 4.74 Å². The molecular formula is C15H21N3O. The summed E-state index contributed by atoms with van der Waals surface area (Å²) in [5.41, 5.74) is 0.658. The smallest absolute Gasteiger partial charge is 0.126 e. The summed E-state index contributed by atoms with van der Waals surface area (Å²) in [6.45, 7) is 0.691. The molecule has 1 aromatic rings. The zero-order valence-electron chi connectivity index (χ0n) is 11.8. The van der Waals surface area contributed by atoms with Crippen molar-refractivity contribution < 1.29 is 4.74 Å². The predicted molar refractivity (Wildman–Crippen MR) is 76.4 cm³/mol. The molecule has 0 saturated heterocycles. The molecule has 1 fully saturated rings. The van der Waals surface area contributed by atoms with Crippen LogP contribution in [0.2, 0.25) is 0 Å². The Bertz CT molecular complexity index is 461.